The number of hydrogen-bond acceptors (Lipinski definition) is 5. The van der Waals surface area contributed by atoms with Gasteiger partial charge < -0.3 is 19.2 Å². The van der Waals surface area contributed by atoms with Gasteiger partial charge in [0.1, 0.15) is 17.3 Å². The van der Waals surface area contributed by atoms with E-state index in [9.17, 15) is 9.59 Å². The van der Waals surface area contributed by atoms with Gasteiger partial charge in [-0.2, -0.15) is 0 Å². The highest BCUT2D eigenvalue weighted by Crippen LogP contribution is 2.22. The number of ether oxygens (including phenoxy) is 2. The summed E-state index contributed by atoms with van der Waals surface area (Å²) in [6.45, 7) is 3.50. The number of hydrogen-bond donors (Lipinski definition) is 1. The first-order chi connectivity index (χ1) is 11.4. The van der Waals surface area contributed by atoms with Crippen LogP contribution in [0.1, 0.15) is 39.9 Å². The molecule has 0 saturated heterocycles. The monoisotopic (exact) mass is 331 g/mol. The number of carbonyl (C=O) groups is 2. The highest BCUT2D eigenvalue weighted by Gasteiger charge is 2.22. The van der Waals surface area contributed by atoms with E-state index >= 15 is 0 Å². The number of amides is 1. The van der Waals surface area contributed by atoms with Crippen molar-refractivity contribution < 1.29 is 23.5 Å². The van der Waals surface area contributed by atoms with Gasteiger partial charge in [0.25, 0.3) is 5.91 Å². The quantitative estimate of drug-likeness (QED) is 0.824. The van der Waals surface area contributed by atoms with Crippen LogP contribution in [0.4, 0.5) is 0 Å². The minimum absolute atomic E-state index is 0.0322. The molecule has 0 spiro atoms. The van der Waals surface area contributed by atoms with Crippen molar-refractivity contribution in [1.29, 1.82) is 0 Å². The molecule has 1 amide bonds. The van der Waals surface area contributed by atoms with Crippen molar-refractivity contribution in [3.63, 3.8) is 0 Å². The minimum Gasteiger partial charge on any atom is -0.497 e. The molecular weight excluding hydrogens is 310 g/mol. The molecule has 24 heavy (non-hydrogen) atoms. The van der Waals surface area contributed by atoms with E-state index < -0.39 is 12.0 Å². The van der Waals surface area contributed by atoms with E-state index in [1.807, 2.05) is 0 Å². The Morgan fingerprint density at radius 1 is 1.17 bits per heavy atom. The molecule has 128 valence electrons. The molecule has 1 atom stereocenters. The molecule has 6 nitrogen and oxygen atoms in total. The van der Waals surface area contributed by atoms with Crippen molar-refractivity contribution in [1.82, 2.24) is 5.32 Å². The molecule has 0 aliphatic carbocycles. The standard InChI is InChI=1S/C18H21NO5/c1-11-9-15(12(2)24-11)18(21)19-16(10-17(20)23-4)13-5-7-14(22-3)8-6-13/h5-9,16H,10H2,1-4H3,(H,19,21). The van der Waals surface area contributed by atoms with Crippen LogP contribution >= 0.6 is 0 Å². The summed E-state index contributed by atoms with van der Waals surface area (Å²) < 4.78 is 15.2. The highest BCUT2D eigenvalue weighted by molar-refractivity contribution is 5.95. The SMILES string of the molecule is COC(=O)CC(NC(=O)c1cc(C)oc1C)c1ccc(OC)cc1. The van der Waals surface area contributed by atoms with Crippen LogP contribution in [0.15, 0.2) is 34.7 Å². The van der Waals surface area contributed by atoms with E-state index in [4.69, 9.17) is 13.9 Å². The Kier molecular flexibility index (Phi) is 5.63. The van der Waals surface area contributed by atoms with Gasteiger partial charge in [-0.25, -0.2) is 0 Å². The van der Waals surface area contributed by atoms with Crippen LogP contribution in [0.5, 0.6) is 5.75 Å². The van der Waals surface area contributed by atoms with E-state index in [0.29, 0.717) is 22.8 Å². The number of benzene rings is 1. The summed E-state index contributed by atoms with van der Waals surface area (Å²) >= 11 is 0. The largest absolute Gasteiger partial charge is 0.497 e. The van der Waals surface area contributed by atoms with Gasteiger partial charge in [-0.15, -0.1) is 0 Å². The first kappa shape index (κ1) is 17.6. The summed E-state index contributed by atoms with van der Waals surface area (Å²) in [6, 6.07) is 8.33. The summed E-state index contributed by atoms with van der Waals surface area (Å²) in [4.78, 5) is 24.2. The van der Waals surface area contributed by atoms with E-state index in [0.717, 1.165) is 5.56 Å². The lowest BCUT2D eigenvalue weighted by atomic mass is 10.0. The van der Waals surface area contributed by atoms with Crippen LogP contribution in [0.2, 0.25) is 0 Å². The number of carbonyl (C=O) groups excluding carboxylic acids is 2. The molecule has 2 rings (SSSR count). The number of nitrogens with one attached hydrogen (secondary N) is 1. The predicted molar refractivity (Wildman–Crippen MR) is 88.0 cm³/mol. The Labute approximate surface area is 140 Å². The van der Waals surface area contributed by atoms with Crippen LogP contribution in [0.25, 0.3) is 0 Å². The number of methoxy groups -OCH3 is 2. The van der Waals surface area contributed by atoms with Crippen LogP contribution in [-0.4, -0.2) is 26.1 Å². The van der Waals surface area contributed by atoms with Gasteiger partial charge in [-0.05, 0) is 37.6 Å². The smallest absolute Gasteiger partial charge is 0.307 e. The Bertz CT molecular complexity index is 718. The van der Waals surface area contributed by atoms with Gasteiger partial charge in [0.05, 0.1) is 32.2 Å². The number of aryl methyl sites for hydroxylation is 2. The van der Waals surface area contributed by atoms with Gasteiger partial charge in [0.2, 0.25) is 0 Å². The van der Waals surface area contributed by atoms with E-state index in [1.54, 1.807) is 51.3 Å². The van der Waals surface area contributed by atoms with Crippen molar-refractivity contribution in [2.45, 2.75) is 26.3 Å². The van der Waals surface area contributed by atoms with Crippen molar-refractivity contribution in [3.8, 4) is 5.75 Å². The summed E-state index contributed by atoms with van der Waals surface area (Å²) in [5.41, 5.74) is 1.24. The van der Waals surface area contributed by atoms with Crippen LogP contribution in [-0.2, 0) is 9.53 Å². The van der Waals surface area contributed by atoms with E-state index in [2.05, 4.69) is 5.32 Å². The zero-order chi connectivity index (χ0) is 17.7. The molecule has 0 bridgehead atoms. The van der Waals surface area contributed by atoms with Crippen LogP contribution in [0.3, 0.4) is 0 Å². The molecule has 0 aliphatic rings. The summed E-state index contributed by atoms with van der Waals surface area (Å²) in [7, 11) is 2.89. The summed E-state index contributed by atoms with van der Waals surface area (Å²) in [5.74, 6) is 1.19. The predicted octanol–water partition coefficient (Wildman–Crippen LogP) is 2.94. The maximum Gasteiger partial charge on any atom is 0.307 e. The normalized spacial score (nSPS) is 11.7. The molecule has 1 unspecified atom stereocenters. The van der Waals surface area contributed by atoms with Gasteiger partial charge in [-0.1, -0.05) is 12.1 Å². The molecular formula is C18H21NO5. The third-order valence-corrected chi connectivity index (χ3v) is 3.71. The first-order valence-electron chi connectivity index (χ1n) is 7.53. The van der Waals surface area contributed by atoms with Gasteiger partial charge in [0.15, 0.2) is 0 Å². The Balaban J connectivity index is 2.23. The zero-order valence-electron chi connectivity index (χ0n) is 14.2. The molecule has 0 aliphatic heterocycles. The van der Waals surface area contributed by atoms with E-state index in [-0.39, 0.29) is 12.3 Å². The second kappa shape index (κ2) is 7.68. The van der Waals surface area contributed by atoms with Crippen molar-refractivity contribution in [2.75, 3.05) is 14.2 Å². The Morgan fingerprint density at radius 2 is 1.83 bits per heavy atom. The first-order valence-corrected chi connectivity index (χ1v) is 7.53. The van der Waals surface area contributed by atoms with Crippen molar-refractivity contribution >= 4 is 11.9 Å². The number of furan rings is 1. The topological polar surface area (TPSA) is 77.8 Å². The number of esters is 1. The molecule has 6 heteroatoms. The zero-order valence-corrected chi connectivity index (χ0v) is 14.2. The third-order valence-electron chi connectivity index (χ3n) is 3.71. The van der Waals surface area contributed by atoms with Crippen molar-refractivity contribution in [2.24, 2.45) is 0 Å². The minimum atomic E-state index is -0.509. The third kappa shape index (κ3) is 4.16. The average molecular weight is 331 g/mol. The maximum absolute atomic E-state index is 12.5. The Hall–Kier alpha value is -2.76. The lowest BCUT2D eigenvalue weighted by Crippen LogP contribution is -2.30. The van der Waals surface area contributed by atoms with Crippen molar-refractivity contribution in [3.05, 3.63) is 53.0 Å². The highest BCUT2D eigenvalue weighted by atomic mass is 16.5. The second-order valence-corrected chi connectivity index (χ2v) is 5.41. The fourth-order valence-electron chi connectivity index (χ4n) is 2.43. The van der Waals surface area contributed by atoms with Gasteiger partial charge >= 0.3 is 5.97 Å². The molecule has 1 N–H and O–H groups in total. The molecule has 1 heterocycles. The molecule has 0 radical (unpaired) electrons. The lowest BCUT2D eigenvalue weighted by Gasteiger charge is -2.18. The molecule has 2 aromatic rings. The summed E-state index contributed by atoms with van der Waals surface area (Å²) in [6.07, 6.45) is 0.0322. The molecule has 1 aromatic heterocycles. The van der Waals surface area contributed by atoms with Gasteiger partial charge in [0, 0.05) is 0 Å². The average Bonchev–Trinajstić information content (AvgIpc) is 2.92. The fourth-order valence-corrected chi connectivity index (χ4v) is 2.43. The fraction of sp³-hybridized carbons (Fsp3) is 0.333. The maximum atomic E-state index is 12.5. The van der Waals surface area contributed by atoms with Gasteiger partial charge in [-0.3, -0.25) is 9.59 Å². The lowest BCUT2D eigenvalue weighted by molar-refractivity contribution is -0.141. The second-order valence-electron chi connectivity index (χ2n) is 5.41. The van der Waals surface area contributed by atoms with Crippen LogP contribution in [0, 0.1) is 13.8 Å². The van der Waals surface area contributed by atoms with E-state index in [1.165, 1.54) is 7.11 Å². The van der Waals surface area contributed by atoms with Crippen LogP contribution < -0.4 is 10.1 Å². The molecule has 0 saturated carbocycles. The Morgan fingerprint density at radius 3 is 2.33 bits per heavy atom. The summed E-state index contributed by atoms with van der Waals surface area (Å²) in [5, 5.41) is 2.87. The molecule has 1 aromatic carbocycles. The number of rotatable bonds is 6. The molecule has 0 fully saturated rings.